The van der Waals surface area contributed by atoms with Crippen LogP contribution in [0.15, 0.2) is 42.5 Å². The third-order valence-corrected chi connectivity index (χ3v) is 5.73. The van der Waals surface area contributed by atoms with Crippen molar-refractivity contribution in [2.75, 3.05) is 18.1 Å². The van der Waals surface area contributed by atoms with Gasteiger partial charge in [-0.15, -0.1) is 0 Å². The minimum absolute atomic E-state index is 0.0466. The highest BCUT2D eigenvalue weighted by atomic mass is 19.1. The predicted octanol–water partition coefficient (Wildman–Crippen LogP) is 4.87. The SMILES string of the molecule is CCOCc1nc2c(N)nc3ccccc3c2n1CCCCCC(=O)c1ccc(N)c(F)c1. The molecule has 0 fully saturated rings. The minimum Gasteiger partial charge on any atom is -0.396 e. The number of unbranched alkanes of at least 4 members (excludes halogenated alkanes) is 2. The number of fused-ring (bicyclic) bond motifs is 3. The molecule has 4 rings (SSSR count). The number of ether oxygens (including phenoxy) is 1. The molecule has 0 saturated heterocycles. The smallest absolute Gasteiger partial charge is 0.162 e. The number of hydrogen-bond acceptors (Lipinski definition) is 6. The van der Waals surface area contributed by atoms with E-state index in [0.29, 0.717) is 43.0 Å². The monoisotopic (exact) mass is 449 g/mol. The van der Waals surface area contributed by atoms with Gasteiger partial charge >= 0.3 is 0 Å². The lowest BCUT2D eigenvalue weighted by Gasteiger charge is -2.11. The van der Waals surface area contributed by atoms with Crippen LogP contribution in [-0.2, 0) is 17.9 Å². The first-order chi connectivity index (χ1) is 16.0. The van der Waals surface area contributed by atoms with E-state index in [-0.39, 0.29) is 11.5 Å². The summed E-state index contributed by atoms with van der Waals surface area (Å²) in [5, 5.41) is 0.998. The lowest BCUT2D eigenvalue weighted by molar-refractivity contribution is 0.0978. The van der Waals surface area contributed by atoms with E-state index in [2.05, 4.69) is 9.55 Å². The number of Topliss-reactive ketones (excluding diaryl/α,β-unsaturated/α-hetero) is 1. The molecule has 0 unspecified atom stereocenters. The number of carbonyl (C=O) groups excluding carboxylic acids is 1. The number of nitrogens with zero attached hydrogens (tertiary/aromatic N) is 3. The second-order valence-corrected chi connectivity index (χ2v) is 8.00. The van der Waals surface area contributed by atoms with Crippen LogP contribution in [0.4, 0.5) is 15.9 Å². The fourth-order valence-electron chi connectivity index (χ4n) is 4.03. The molecule has 0 radical (unpaired) electrons. The Labute approximate surface area is 191 Å². The molecule has 7 nitrogen and oxygen atoms in total. The Morgan fingerprint density at radius 2 is 1.91 bits per heavy atom. The number of hydrogen-bond donors (Lipinski definition) is 2. The van der Waals surface area contributed by atoms with Gasteiger partial charge in [-0.3, -0.25) is 4.79 Å². The second-order valence-electron chi connectivity index (χ2n) is 8.00. The first-order valence-corrected chi connectivity index (χ1v) is 11.2. The van der Waals surface area contributed by atoms with Gasteiger partial charge in [-0.1, -0.05) is 24.6 Å². The zero-order chi connectivity index (χ0) is 23.4. The summed E-state index contributed by atoms with van der Waals surface area (Å²) in [4.78, 5) is 21.6. The molecule has 0 aliphatic carbocycles. The molecule has 0 spiro atoms. The van der Waals surface area contributed by atoms with Gasteiger partial charge in [0.15, 0.2) is 11.6 Å². The summed E-state index contributed by atoms with van der Waals surface area (Å²) in [5.74, 6) is 0.575. The topological polar surface area (TPSA) is 109 Å². The standard InChI is InChI=1S/C25H28FN5O2/c1-2-33-15-22-30-23-24(17-8-5-6-9-20(17)29-25(23)28)31(22)13-7-3-4-10-21(32)16-11-12-19(27)18(26)14-16/h5-6,8-9,11-12,14H,2-4,7,10,13,15,27H2,1H3,(H2,28,29). The molecule has 0 bridgehead atoms. The van der Waals surface area contributed by atoms with Gasteiger partial charge < -0.3 is 20.8 Å². The van der Waals surface area contributed by atoms with Crippen molar-refractivity contribution in [3.8, 4) is 0 Å². The molecule has 2 heterocycles. The van der Waals surface area contributed by atoms with Crippen LogP contribution >= 0.6 is 0 Å². The highest BCUT2D eigenvalue weighted by Gasteiger charge is 2.17. The maximum atomic E-state index is 13.6. The van der Waals surface area contributed by atoms with Crippen LogP contribution in [0.25, 0.3) is 21.9 Å². The lowest BCUT2D eigenvalue weighted by Crippen LogP contribution is -2.07. The van der Waals surface area contributed by atoms with Crippen molar-refractivity contribution in [1.82, 2.24) is 14.5 Å². The lowest BCUT2D eigenvalue weighted by atomic mass is 10.0. The van der Waals surface area contributed by atoms with Crippen LogP contribution < -0.4 is 11.5 Å². The number of aromatic nitrogens is 3. The van der Waals surface area contributed by atoms with Crippen molar-refractivity contribution in [2.45, 2.75) is 45.8 Å². The average Bonchev–Trinajstić information content (AvgIpc) is 3.18. The Morgan fingerprint density at radius 3 is 2.70 bits per heavy atom. The third-order valence-electron chi connectivity index (χ3n) is 5.73. The van der Waals surface area contributed by atoms with E-state index in [1.54, 1.807) is 6.07 Å². The van der Waals surface area contributed by atoms with Gasteiger partial charge in [0, 0.05) is 30.5 Å². The number of nitrogen functional groups attached to an aromatic ring is 2. The van der Waals surface area contributed by atoms with Gasteiger partial charge in [0.05, 0.1) is 16.7 Å². The first kappa shape index (κ1) is 22.7. The van der Waals surface area contributed by atoms with E-state index < -0.39 is 5.82 Å². The van der Waals surface area contributed by atoms with E-state index in [0.717, 1.165) is 41.6 Å². The molecule has 0 aliphatic rings. The zero-order valence-corrected chi connectivity index (χ0v) is 18.7. The molecule has 0 saturated carbocycles. The van der Waals surface area contributed by atoms with Crippen LogP contribution in [0, 0.1) is 5.82 Å². The number of benzene rings is 2. The molecule has 33 heavy (non-hydrogen) atoms. The van der Waals surface area contributed by atoms with Crippen LogP contribution in [0.3, 0.4) is 0 Å². The minimum atomic E-state index is -0.560. The Kier molecular flexibility index (Phi) is 6.84. The number of para-hydroxylation sites is 1. The average molecular weight is 450 g/mol. The number of rotatable bonds is 10. The van der Waals surface area contributed by atoms with Gasteiger partial charge in [-0.05, 0) is 44.0 Å². The van der Waals surface area contributed by atoms with Crippen LogP contribution in [-0.4, -0.2) is 26.9 Å². The highest BCUT2D eigenvalue weighted by Crippen LogP contribution is 2.29. The Bertz CT molecular complexity index is 1300. The van der Waals surface area contributed by atoms with Gasteiger partial charge in [0.2, 0.25) is 0 Å². The number of nitrogens with two attached hydrogens (primary N) is 2. The predicted molar refractivity (Wildman–Crippen MR) is 128 cm³/mol. The molecule has 4 aromatic rings. The normalized spacial score (nSPS) is 11.5. The molecular weight excluding hydrogens is 421 g/mol. The summed E-state index contributed by atoms with van der Waals surface area (Å²) >= 11 is 0. The van der Waals surface area contributed by atoms with Gasteiger partial charge in [-0.25, -0.2) is 14.4 Å². The number of imidazole rings is 1. The van der Waals surface area contributed by atoms with Crippen molar-refractivity contribution < 1.29 is 13.9 Å². The van der Waals surface area contributed by atoms with E-state index in [9.17, 15) is 9.18 Å². The van der Waals surface area contributed by atoms with Crippen molar-refractivity contribution in [3.05, 3.63) is 59.7 Å². The van der Waals surface area contributed by atoms with Crippen molar-refractivity contribution >= 4 is 39.2 Å². The van der Waals surface area contributed by atoms with Crippen LogP contribution in [0.2, 0.25) is 0 Å². The van der Waals surface area contributed by atoms with Crippen molar-refractivity contribution in [1.29, 1.82) is 0 Å². The fraction of sp³-hybridized carbons (Fsp3) is 0.320. The molecule has 0 atom stereocenters. The Morgan fingerprint density at radius 1 is 1.09 bits per heavy atom. The second kappa shape index (κ2) is 9.95. The fourth-order valence-corrected chi connectivity index (χ4v) is 4.03. The molecule has 4 N–H and O–H groups in total. The zero-order valence-electron chi connectivity index (χ0n) is 18.7. The van der Waals surface area contributed by atoms with Crippen molar-refractivity contribution in [3.63, 3.8) is 0 Å². The Balaban J connectivity index is 1.48. The van der Waals surface area contributed by atoms with E-state index in [1.165, 1.54) is 12.1 Å². The number of carbonyl (C=O) groups is 1. The number of aryl methyl sites for hydroxylation is 1. The van der Waals surface area contributed by atoms with Gasteiger partial charge in [0.1, 0.15) is 23.8 Å². The molecule has 0 aliphatic heterocycles. The summed E-state index contributed by atoms with van der Waals surface area (Å²) in [7, 11) is 0. The largest absolute Gasteiger partial charge is 0.396 e. The quantitative estimate of drug-likeness (QED) is 0.203. The maximum absolute atomic E-state index is 13.6. The molecule has 2 aromatic heterocycles. The maximum Gasteiger partial charge on any atom is 0.162 e. The van der Waals surface area contributed by atoms with E-state index in [1.807, 2.05) is 31.2 Å². The number of pyridine rings is 1. The number of halogens is 1. The van der Waals surface area contributed by atoms with Gasteiger partial charge in [0.25, 0.3) is 0 Å². The highest BCUT2D eigenvalue weighted by molar-refractivity contribution is 6.06. The summed E-state index contributed by atoms with van der Waals surface area (Å²) in [5.41, 5.74) is 14.6. The molecular formula is C25H28FN5O2. The van der Waals surface area contributed by atoms with Crippen molar-refractivity contribution in [2.24, 2.45) is 0 Å². The van der Waals surface area contributed by atoms with E-state index in [4.69, 9.17) is 21.2 Å². The molecule has 172 valence electrons. The molecule has 2 aromatic carbocycles. The van der Waals surface area contributed by atoms with E-state index >= 15 is 0 Å². The summed E-state index contributed by atoms with van der Waals surface area (Å²) < 4.78 is 21.4. The molecule has 8 heteroatoms. The Hall–Kier alpha value is -3.52. The number of anilines is 2. The summed E-state index contributed by atoms with van der Waals surface area (Å²) in [6.07, 6.45) is 2.77. The van der Waals surface area contributed by atoms with Gasteiger partial charge in [-0.2, -0.15) is 0 Å². The first-order valence-electron chi connectivity index (χ1n) is 11.2. The molecule has 0 amide bonds. The van der Waals surface area contributed by atoms with Crippen LogP contribution in [0.1, 0.15) is 48.8 Å². The summed E-state index contributed by atoms with van der Waals surface area (Å²) in [6, 6.07) is 12.1. The third kappa shape index (κ3) is 4.80. The van der Waals surface area contributed by atoms with Crippen LogP contribution in [0.5, 0.6) is 0 Å². The number of ketones is 1. The summed E-state index contributed by atoms with van der Waals surface area (Å²) in [6.45, 7) is 3.64.